The molecule has 0 spiro atoms. The Balaban J connectivity index is 1.58. The van der Waals surface area contributed by atoms with Crippen molar-refractivity contribution in [1.82, 2.24) is 4.90 Å². The molecule has 2 aliphatic rings. The molecule has 5 nitrogen and oxygen atoms in total. The fraction of sp³-hybridized carbons (Fsp3) is 0.355. The van der Waals surface area contributed by atoms with Crippen LogP contribution >= 0.6 is 0 Å². The lowest BCUT2D eigenvalue weighted by Gasteiger charge is -2.48. The smallest absolute Gasteiger partial charge is 0.254 e. The summed E-state index contributed by atoms with van der Waals surface area (Å²) in [5.41, 5.74) is 9.36. The van der Waals surface area contributed by atoms with Crippen LogP contribution < -0.4 is 5.73 Å². The summed E-state index contributed by atoms with van der Waals surface area (Å²) < 4.78 is 35.1. The van der Waals surface area contributed by atoms with E-state index in [-0.39, 0.29) is 29.6 Å². The Hall–Kier alpha value is -3.60. The van der Waals surface area contributed by atoms with Gasteiger partial charge in [0.15, 0.2) is 0 Å². The quantitative estimate of drug-likeness (QED) is 0.447. The number of nitriles is 1. The largest absolute Gasteiger partial charge is 0.384 e. The average molecular weight is 516 g/mol. The van der Waals surface area contributed by atoms with Crippen LogP contribution in [0.5, 0.6) is 0 Å². The van der Waals surface area contributed by atoms with Crippen LogP contribution in [0.25, 0.3) is 22.3 Å². The summed E-state index contributed by atoms with van der Waals surface area (Å²) in [6.07, 6.45) is 5.10. The Morgan fingerprint density at radius 1 is 1.00 bits per heavy atom. The summed E-state index contributed by atoms with van der Waals surface area (Å²) in [7, 11) is 1.60. The van der Waals surface area contributed by atoms with Crippen LogP contribution in [-0.2, 0) is 11.2 Å². The van der Waals surface area contributed by atoms with Crippen LogP contribution in [-0.4, -0.2) is 42.6 Å². The molecule has 0 saturated carbocycles. The lowest BCUT2D eigenvalue weighted by atomic mass is 9.81. The van der Waals surface area contributed by atoms with E-state index in [0.29, 0.717) is 40.8 Å². The van der Waals surface area contributed by atoms with Gasteiger partial charge >= 0.3 is 0 Å². The van der Waals surface area contributed by atoms with E-state index in [1.165, 1.54) is 18.2 Å². The molecule has 0 unspecified atom stereocenters. The highest BCUT2D eigenvalue weighted by molar-refractivity contribution is 5.98. The van der Waals surface area contributed by atoms with Gasteiger partial charge in [0.05, 0.1) is 12.2 Å². The molecule has 1 amide bonds. The van der Waals surface area contributed by atoms with Crippen molar-refractivity contribution in [2.75, 3.05) is 13.7 Å². The number of methoxy groups -OCH3 is 1. The summed E-state index contributed by atoms with van der Waals surface area (Å²) in [5, 5.41) is 9.19. The Morgan fingerprint density at radius 3 is 2.39 bits per heavy atom. The molecule has 38 heavy (non-hydrogen) atoms. The minimum Gasteiger partial charge on any atom is -0.384 e. The maximum atomic E-state index is 15.4. The van der Waals surface area contributed by atoms with Crippen LogP contribution in [0, 0.1) is 23.0 Å². The zero-order chi connectivity index (χ0) is 26.8. The SMILES string of the molecule is COCCc1ccc(-c2ccc(C(=O)N3[C@@H]4CCC[C@H]3C[C@@H](N)C4)cc2-c2ccc(C#N)c(F)c2)c(F)c1. The lowest BCUT2D eigenvalue weighted by Crippen LogP contribution is -2.57. The van der Waals surface area contributed by atoms with Crippen LogP contribution in [0.15, 0.2) is 54.6 Å². The number of hydrogen-bond donors (Lipinski definition) is 1. The van der Waals surface area contributed by atoms with E-state index in [0.717, 1.165) is 37.7 Å². The number of benzene rings is 3. The molecule has 3 aromatic carbocycles. The average Bonchev–Trinajstić information content (AvgIpc) is 2.91. The van der Waals surface area contributed by atoms with E-state index < -0.39 is 11.6 Å². The standard InChI is InChI=1S/C31H31F2N3O2/c1-38-12-11-19-5-9-27(30(33)13-19)26-10-8-21(14-28(26)20-6-7-22(18-34)29(32)15-20)31(37)36-24-3-2-4-25(36)17-23(35)16-24/h5-10,13-15,23-25H,2-4,11-12,16-17,35H2,1H3/t23-,24+,25-. The molecule has 2 N–H and O–H groups in total. The first kappa shape index (κ1) is 26.0. The summed E-state index contributed by atoms with van der Waals surface area (Å²) in [6, 6.07) is 16.7. The van der Waals surface area contributed by atoms with E-state index in [1.807, 2.05) is 17.0 Å². The van der Waals surface area contributed by atoms with Gasteiger partial charge in [0.1, 0.15) is 17.7 Å². The first-order chi connectivity index (χ1) is 18.4. The summed E-state index contributed by atoms with van der Waals surface area (Å²) in [6.45, 7) is 0.481. The van der Waals surface area contributed by atoms with Gasteiger partial charge in [-0.3, -0.25) is 4.79 Å². The molecule has 2 heterocycles. The number of ether oxygens (including phenoxy) is 1. The second kappa shape index (κ2) is 11.0. The molecule has 5 rings (SSSR count). The zero-order valence-electron chi connectivity index (χ0n) is 21.4. The van der Waals surface area contributed by atoms with E-state index in [1.54, 1.807) is 37.4 Å². The van der Waals surface area contributed by atoms with E-state index >= 15 is 4.39 Å². The molecule has 2 fully saturated rings. The summed E-state index contributed by atoms with van der Waals surface area (Å²) in [5.74, 6) is -1.15. The van der Waals surface area contributed by atoms with Crippen molar-refractivity contribution in [2.45, 2.75) is 56.7 Å². The third-order valence-electron chi connectivity index (χ3n) is 7.83. The van der Waals surface area contributed by atoms with Gasteiger partial charge < -0.3 is 15.4 Å². The Kier molecular flexibility index (Phi) is 7.55. The highest BCUT2D eigenvalue weighted by Crippen LogP contribution is 2.38. The predicted molar refractivity (Wildman–Crippen MR) is 142 cm³/mol. The molecular weight excluding hydrogens is 484 g/mol. The first-order valence-corrected chi connectivity index (χ1v) is 13.1. The van der Waals surface area contributed by atoms with Crippen LogP contribution in [0.1, 0.15) is 53.6 Å². The van der Waals surface area contributed by atoms with Gasteiger partial charge in [-0.2, -0.15) is 5.26 Å². The van der Waals surface area contributed by atoms with Crippen molar-refractivity contribution in [3.8, 4) is 28.3 Å². The molecule has 3 atom stereocenters. The maximum Gasteiger partial charge on any atom is 0.254 e. The minimum absolute atomic E-state index is 0.0753. The first-order valence-electron chi connectivity index (χ1n) is 13.1. The number of halogens is 2. The highest BCUT2D eigenvalue weighted by atomic mass is 19.1. The molecule has 2 saturated heterocycles. The second-order valence-electron chi connectivity index (χ2n) is 10.3. The molecule has 0 aliphatic carbocycles. The van der Waals surface area contributed by atoms with E-state index in [9.17, 15) is 14.4 Å². The summed E-state index contributed by atoms with van der Waals surface area (Å²) >= 11 is 0. The fourth-order valence-electron chi connectivity index (χ4n) is 5.98. The Labute approximate surface area is 221 Å². The third-order valence-corrected chi connectivity index (χ3v) is 7.83. The van der Waals surface area contributed by atoms with Crippen LogP contribution in [0.4, 0.5) is 8.78 Å². The molecule has 0 aromatic heterocycles. The van der Waals surface area contributed by atoms with Gasteiger partial charge in [-0.05, 0) is 91.1 Å². The Morgan fingerprint density at radius 2 is 1.74 bits per heavy atom. The van der Waals surface area contributed by atoms with Crippen molar-refractivity contribution in [2.24, 2.45) is 5.73 Å². The highest BCUT2D eigenvalue weighted by Gasteiger charge is 2.40. The van der Waals surface area contributed by atoms with Crippen molar-refractivity contribution >= 4 is 5.91 Å². The number of carbonyl (C=O) groups is 1. The number of nitrogens with two attached hydrogens (primary N) is 1. The Bertz CT molecular complexity index is 1390. The number of fused-ring (bicyclic) bond motifs is 2. The number of piperidine rings is 2. The maximum absolute atomic E-state index is 15.4. The monoisotopic (exact) mass is 515 g/mol. The predicted octanol–water partition coefficient (Wildman–Crippen LogP) is 5.84. The van der Waals surface area contributed by atoms with Gasteiger partial charge in [0.25, 0.3) is 5.91 Å². The molecule has 196 valence electrons. The molecule has 2 aliphatic heterocycles. The third kappa shape index (κ3) is 5.07. The van der Waals surface area contributed by atoms with Gasteiger partial charge in [-0.25, -0.2) is 8.78 Å². The lowest BCUT2D eigenvalue weighted by molar-refractivity contribution is 0.0243. The topological polar surface area (TPSA) is 79.3 Å². The van der Waals surface area contributed by atoms with E-state index in [4.69, 9.17) is 10.5 Å². The van der Waals surface area contributed by atoms with Crippen LogP contribution in [0.3, 0.4) is 0 Å². The summed E-state index contributed by atoms with van der Waals surface area (Å²) in [4.78, 5) is 15.8. The van der Waals surface area contributed by atoms with Gasteiger partial charge in [-0.15, -0.1) is 0 Å². The van der Waals surface area contributed by atoms with E-state index in [2.05, 4.69) is 0 Å². The van der Waals surface area contributed by atoms with Crippen molar-refractivity contribution in [3.05, 3.63) is 82.9 Å². The number of carbonyl (C=O) groups excluding carboxylic acids is 1. The van der Waals surface area contributed by atoms with Crippen molar-refractivity contribution in [3.63, 3.8) is 0 Å². The molecule has 7 heteroatoms. The molecule has 2 bridgehead atoms. The van der Waals surface area contributed by atoms with Gasteiger partial charge in [0.2, 0.25) is 0 Å². The molecule has 0 radical (unpaired) electrons. The molecular formula is C31H31F2N3O2. The normalized spacial score (nSPS) is 20.7. The second-order valence-corrected chi connectivity index (χ2v) is 10.3. The number of nitrogens with zero attached hydrogens (tertiary/aromatic N) is 2. The van der Waals surface area contributed by atoms with Crippen LogP contribution in [0.2, 0.25) is 0 Å². The number of amides is 1. The minimum atomic E-state index is -0.664. The number of rotatable bonds is 6. The van der Waals surface area contributed by atoms with Gasteiger partial charge in [-0.1, -0.05) is 24.3 Å². The van der Waals surface area contributed by atoms with Crippen molar-refractivity contribution in [1.29, 1.82) is 5.26 Å². The zero-order valence-corrected chi connectivity index (χ0v) is 21.4. The molecule has 3 aromatic rings. The van der Waals surface area contributed by atoms with Crippen molar-refractivity contribution < 1.29 is 18.3 Å². The fourth-order valence-corrected chi connectivity index (χ4v) is 5.98. The van der Waals surface area contributed by atoms with Gasteiger partial charge in [0, 0.05) is 36.4 Å². The number of hydrogen-bond acceptors (Lipinski definition) is 4.